The lowest BCUT2D eigenvalue weighted by molar-refractivity contribution is -0.151. The van der Waals surface area contributed by atoms with Crippen molar-refractivity contribution >= 4 is 50.9 Å². The molecule has 1 aromatic carbocycles. The normalized spacial score (nSPS) is 15.7. The molecular formula is C14H15BrF2NO5PS. The Morgan fingerprint density at radius 3 is 2.80 bits per heavy atom. The monoisotopic (exact) mass is 457 g/mol. The molecule has 2 N–H and O–H groups in total. The molecule has 0 saturated heterocycles. The number of alkyl halides is 3. The van der Waals surface area contributed by atoms with Crippen LogP contribution in [0.2, 0.25) is 0 Å². The van der Waals surface area contributed by atoms with E-state index < -0.39 is 24.4 Å². The zero-order valence-electron chi connectivity index (χ0n) is 13.0. The molecule has 2 unspecified atom stereocenters. The number of esters is 1. The molecule has 6 nitrogen and oxygen atoms in total. The minimum absolute atomic E-state index is 0.108. The van der Waals surface area contributed by atoms with E-state index >= 15 is 0 Å². The van der Waals surface area contributed by atoms with Crippen LogP contribution in [0.5, 0.6) is 0 Å². The zero-order chi connectivity index (χ0) is 18.7. The van der Waals surface area contributed by atoms with Gasteiger partial charge in [0, 0.05) is 11.2 Å². The first-order valence-corrected chi connectivity index (χ1v) is 10.4. The molecule has 138 valence electrons. The van der Waals surface area contributed by atoms with Crippen molar-refractivity contribution in [1.82, 2.24) is 0 Å². The maximum Gasteiger partial charge on any atom is 0.506 e. The second kappa shape index (κ2) is 8.20. The van der Waals surface area contributed by atoms with Crippen LogP contribution in [-0.4, -0.2) is 30.0 Å². The van der Waals surface area contributed by atoms with E-state index in [-0.39, 0.29) is 18.7 Å². The first-order valence-electron chi connectivity index (χ1n) is 7.08. The SMILES string of the molecule is CCOP(=O)(OC(Br)CN)C(F)(F)OC(=O)c1ccc2sccc2c1. The van der Waals surface area contributed by atoms with E-state index in [0.717, 1.165) is 4.70 Å². The average Bonchev–Trinajstić information content (AvgIpc) is 3.01. The summed E-state index contributed by atoms with van der Waals surface area (Å²) in [5.74, 6) is -5.83. The van der Waals surface area contributed by atoms with E-state index in [1.54, 1.807) is 17.5 Å². The molecule has 25 heavy (non-hydrogen) atoms. The second-order valence-corrected chi connectivity index (χ2v) is 8.67. The van der Waals surface area contributed by atoms with Crippen LogP contribution >= 0.6 is 34.9 Å². The number of thiophene rings is 1. The lowest BCUT2D eigenvalue weighted by Crippen LogP contribution is -2.30. The van der Waals surface area contributed by atoms with Gasteiger partial charge < -0.3 is 15.0 Å². The van der Waals surface area contributed by atoms with Gasteiger partial charge in [0.1, 0.15) is 5.01 Å². The van der Waals surface area contributed by atoms with Gasteiger partial charge in [-0.1, -0.05) is 15.9 Å². The van der Waals surface area contributed by atoms with E-state index in [2.05, 4.69) is 29.7 Å². The lowest BCUT2D eigenvalue weighted by Gasteiger charge is -2.26. The number of ether oxygens (including phenoxy) is 1. The fourth-order valence-electron chi connectivity index (χ4n) is 1.85. The third kappa shape index (κ3) is 4.64. The Labute approximate surface area is 154 Å². The van der Waals surface area contributed by atoms with Gasteiger partial charge in [-0.05, 0) is 42.0 Å². The standard InChI is InChI=1S/C14H15BrF2NO5PS/c1-2-21-24(20,23-12(15)8-18)14(16,17)22-13(19)10-3-4-11-9(7-10)5-6-25-11/h3-7,12H,2,8,18H2,1H3. The Bertz CT molecular complexity index is 802. The van der Waals surface area contributed by atoms with Crippen molar-refractivity contribution in [3.63, 3.8) is 0 Å². The topological polar surface area (TPSA) is 87.8 Å². The van der Waals surface area contributed by atoms with Gasteiger partial charge in [0.25, 0.3) is 0 Å². The molecule has 1 aromatic heterocycles. The third-order valence-electron chi connectivity index (χ3n) is 2.96. The summed E-state index contributed by atoms with van der Waals surface area (Å²) in [6.45, 7) is 0.773. The number of hydrogen-bond donors (Lipinski definition) is 1. The fraction of sp³-hybridized carbons (Fsp3) is 0.357. The Morgan fingerprint density at radius 2 is 2.16 bits per heavy atom. The molecule has 0 amide bonds. The van der Waals surface area contributed by atoms with Gasteiger partial charge in [0.2, 0.25) is 0 Å². The van der Waals surface area contributed by atoms with E-state index in [4.69, 9.17) is 5.73 Å². The largest absolute Gasteiger partial charge is 0.506 e. The first-order chi connectivity index (χ1) is 11.7. The van der Waals surface area contributed by atoms with Crippen molar-refractivity contribution in [2.45, 2.75) is 17.8 Å². The zero-order valence-corrected chi connectivity index (χ0v) is 16.3. The number of hydrogen-bond acceptors (Lipinski definition) is 7. The van der Waals surface area contributed by atoms with Crippen LogP contribution in [0.1, 0.15) is 17.3 Å². The summed E-state index contributed by atoms with van der Waals surface area (Å²) in [4.78, 5) is 12.1. The highest BCUT2D eigenvalue weighted by atomic mass is 79.9. The molecule has 0 bridgehead atoms. The van der Waals surface area contributed by atoms with Gasteiger partial charge in [-0.2, -0.15) is 8.78 Å². The molecule has 2 aromatic rings. The van der Waals surface area contributed by atoms with Gasteiger partial charge >= 0.3 is 19.4 Å². The summed E-state index contributed by atoms with van der Waals surface area (Å²) in [6.07, 6.45) is 0. The Hall–Kier alpha value is -0.900. The van der Waals surface area contributed by atoms with Crippen molar-refractivity contribution in [3.05, 3.63) is 35.2 Å². The number of carbonyl (C=O) groups excluding carboxylic acids is 1. The van der Waals surface area contributed by atoms with Gasteiger partial charge in [0.05, 0.1) is 12.2 Å². The molecule has 11 heteroatoms. The molecular weight excluding hydrogens is 443 g/mol. The van der Waals surface area contributed by atoms with Crippen LogP contribution in [0.3, 0.4) is 0 Å². The summed E-state index contributed by atoms with van der Waals surface area (Å²) < 4.78 is 55.4. The minimum Gasteiger partial charge on any atom is -0.388 e. The molecule has 0 aliphatic carbocycles. The Morgan fingerprint density at radius 1 is 1.44 bits per heavy atom. The van der Waals surface area contributed by atoms with Crippen LogP contribution in [0.25, 0.3) is 10.1 Å². The molecule has 0 radical (unpaired) electrons. The molecule has 0 saturated carbocycles. The smallest absolute Gasteiger partial charge is 0.388 e. The van der Waals surface area contributed by atoms with Crippen LogP contribution in [0.15, 0.2) is 29.6 Å². The van der Waals surface area contributed by atoms with Gasteiger partial charge in [-0.15, -0.1) is 11.3 Å². The second-order valence-electron chi connectivity index (χ2n) is 4.72. The summed E-state index contributed by atoms with van der Waals surface area (Å²) in [6, 6.07) is 6.09. The van der Waals surface area contributed by atoms with Crippen molar-refractivity contribution < 1.29 is 31.9 Å². The summed E-state index contributed by atoms with van der Waals surface area (Å²) in [5, 5.41) is 1.35. The Kier molecular flexibility index (Phi) is 6.69. The highest BCUT2D eigenvalue weighted by Crippen LogP contribution is 2.63. The Balaban J connectivity index is 2.24. The number of rotatable bonds is 8. The highest BCUT2D eigenvalue weighted by Gasteiger charge is 2.59. The lowest BCUT2D eigenvalue weighted by atomic mass is 10.2. The van der Waals surface area contributed by atoms with Crippen LogP contribution in [-0.2, 0) is 18.3 Å². The van der Waals surface area contributed by atoms with Crippen LogP contribution < -0.4 is 5.73 Å². The number of fused-ring (bicyclic) bond motifs is 1. The summed E-state index contributed by atoms with van der Waals surface area (Å²) in [7, 11) is -5.11. The van der Waals surface area contributed by atoms with E-state index in [9.17, 15) is 18.1 Å². The van der Waals surface area contributed by atoms with E-state index in [1.165, 1.54) is 30.4 Å². The first kappa shape index (κ1) is 20.4. The predicted molar refractivity (Wildman–Crippen MR) is 94.3 cm³/mol. The van der Waals surface area contributed by atoms with Crippen molar-refractivity contribution in [3.8, 4) is 0 Å². The predicted octanol–water partition coefficient (Wildman–Crippen LogP) is 4.53. The van der Waals surface area contributed by atoms with Gasteiger partial charge in [0.15, 0.2) is 0 Å². The highest BCUT2D eigenvalue weighted by molar-refractivity contribution is 9.09. The summed E-state index contributed by atoms with van der Waals surface area (Å²) >= 11 is 4.28. The molecule has 0 aliphatic rings. The van der Waals surface area contributed by atoms with Crippen LogP contribution in [0, 0.1) is 0 Å². The van der Waals surface area contributed by atoms with E-state index in [1.807, 2.05) is 0 Å². The molecule has 2 atom stereocenters. The molecule has 0 aliphatic heterocycles. The van der Waals surface area contributed by atoms with E-state index in [0.29, 0.717) is 5.39 Å². The van der Waals surface area contributed by atoms with Crippen LogP contribution in [0.4, 0.5) is 8.78 Å². The molecule has 0 fully saturated rings. The van der Waals surface area contributed by atoms with Gasteiger partial charge in [-0.3, -0.25) is 4.52 Å². The maximum absolute atomic E-state index is 14.3. The number of nitrogens with two attached hydrogens (primary N) is 1. The van der Waals surface area contributed by atoms with Gasteiger partial charge in [-0.25, -0.2) is 9.36 Å². The van der Waals surface area contributed by atoms with Crippen molar-refractivity contribution in [2.75, 3.05) is 13.2 Å². The summed E-state index contributed by atoms with van der Waals surface area (Å²) in [5.41, 5.74) is 5.14. The number of carbonyl (C=O) groups is 1. The van der Waals surface area contributed by atoms with Crippen molar-refractivity contribution in [1.29, 1.82) is 0 Å². The average molecular weight is 458 g/mol. The molecule has 1 heterocycles. The third-order valence-corrected chi connectivity index (χ3v) is 6.57. The maximum atomic E-state index is 14.3. The van der Waals surface area contributed by atoms with Crippen molar-refractivity contribution in [2.24, 2.45) is 5.73 Å². The fourth-order valence-corrected chi connectivity index (χ4v) is 4.54. The quantitative estimate of drug-likeness (QED) is 0.355. The molecule has 0 spiro atoms. The number of benzene rings is 1. The number of halogens is 3. The molecule has 2 rings (SSSR count). The minimum atomic E-state index is -5.11.